The number of hydrogen-bond donors (Lipinski definition) is 2. The van der Waals surface area contributed by atoms with Gasteiger partial charge in [0, 0.05) is 24.5 Å². The molecule has 1 aromatic rings. The fourth-order valence-electron chi connectivity index (χ4n) is 1.28. The van der Waals surface area contributed by atoms with Gasteiger partial charge in [0.25, 0.3) is 0 Å². The molecule has 0 unspecified atom stereocenters. The van der Waals surface area contributed by atoms with Gasteiger partial charge in [-0.25, -0.2) is 0 Å². The first-order valence-electron chi connectivity index (χ1n) is 3.73. The van der Waals surface area contributed by atoms with Crippen LogP contribution in [0.25, 0.3) is 0 Å². The number of anilines is 1. The third-order valence-corrected chi connectivity index (χ3v) is 1.85. The lowest BCUT2D eigenvalue weighted by Crippen LogP contribution is -2.28. The van der Waals surface area contributed by atoms with E-state index in [-0.39, 0.29) is 0 Å². The maximum absolute atomic E-state index is 8.74. The van der Waals surface area contributed by atoms with E-state index in [0.29, 0.717) is 12.2 Å². The second-order valence-electron chi connectivity index (χ2n) is 2.61. The predicted molar refractivity (Wildman–Crippen MR) is 44.3 cm³/mol. The van der Waals surface area contributed by atoms with Gasteiger partial charge in [0.1, 0.15) is 6.07 Å². The van der Waals surface area contributed by atoms with Gasteiger partial charge in [-0.3, -0.25) is 10.3 Å². The van der Waals surface area contributed by atoms with E-state index in [0.717, 1.165) is 17.8 Å². The van der Waals surface area contributed by atoms with Gasteiger partial charge in [-0.1, -0.05) is 0 Å². The van der Waals surface area contributed by atoms with Gasteiger partial charge in [-0.15, -0.1) is 0 Å². The van der Waals surface area contributed by atoms with Crippen molar-refractivity contribution in [2.24, 2.45) is 0 Å². The number of fused-ring (bicyclic) bond motifs is 1. The molecule has 0 aliphatic carbocycles. The predicted octanol–water partition coefficient (Wildman–Crippen LogP) is 0.426. The third-order valence-electron chi connectivity index (χ3n) is 1.85. The lowest BCUT2D eigenvalue weighted by Gasteiger charge is -2.19. The van der Waals surface area contributed by atoms with Gasteiger partial charge >= 0.3 is 0 Å². The molecule has 2 rings (SSSR count). The Hall–Kier alpha value is -1.60. The van der Waals surface area contributed by atoms with Crippen molar-refractivity contribution in [1.82, 2.24) is 10.3 Å². The van der Waals surface area contributed by atoms with Crippen LogP contribution < -0.4 is 10.6 Å². The van der Waals surface area contributed by atoms with Crippen molar-refractivity contribution in [1.29, 1.82) is 5.26 Å². The number of pyridine rings is 1. The van der Waals surface area contributed by atoms with Gasteiger partial charge in [-0.2, -0.15) is 5.26 Å². The minimum atomic E-state index is 0.619. The lowest BCUT2D eigenvalue weighted by molar-refractivity contribution is 0.705. The van der Waals surface area contributed by atoms with Crippen molar-refractivity contribution in [2.75, 3.05) is 12.0 Å². The summed E-state index contributed by atoms with van der Waals surface area (Å²) in [4.78, 5) is 3.97. The Kier molecular flexibility index (Phi) is 1.65. The molecule has 1 aliphatic heterocycles. The Morgan fingerprint density at radius 2 is 2.42 bits per heavy atom. The maximum Gasteiger partial charge on any atom is 0.103 e. The molecule has 4 heteroatoms. The fourth-order valence-corrected chi connectivity index (χ4v) is 1.28. The summed E-state index contributed by atoms with van der Waals surface area (Å²) in [7, 11) is 0. The van der Waals surface area contributed by atoms with Crippen LogP contribution in [0.5, 0.6) is 0 Å². The molecule has 0 saturated carbocycles. The molecule has 1 aliphatic rings. The second kappa shape index (κ2) is 2.80. The summed E-state index contributed by atoms with van der Waals surface area (Å²) in [5.74, 6) is 0. The standard InChI is InChI=1S/C8H8N4/c9-1-6-2-10-3-7-4-11-5-12-8(6)7/h2-3,11-12H,4-5H2. The summed E-state index contributed by atoms with van der Waals surface area (Å²) in [6, 6.07) is 2.10. The molecule has 0 radical (unpaired) electrons. The Bertz CT molecular complexity index is 339. The first-order chi connectivity index (χ1) is 5.92. The highest BCUT2D eigenvalue weighted by Crippen LogP contribution is 2.20. The smallest absolute Gasteiger partial charge is 0.103 e. The van der Waals surface area contributed by atoms with Gasteiger partial charge < -0.3 is 5.32 Å². The molecule has 0 amide bonds. The Morgan fingerprint density at radius 3 is 3.25 bits per heavy atom. The lowest BCUT2D eigenvalue weighted by atomic mass is 10.1. The van der Waals surface area contributed by atoms with E-state index in [9.17, 15) is 0 Å². The van der Waals surface area contributed by atoms with Crippen LogP contribution in [0.15, 0.2) is 12.4 Å². The van der Waals surface area contributed by atoms with E-state index >= 15 is 0 Å². The second-order valence-corrected chi connectivity index (χ2v) is 2.61. The molecule has 1 aromatic heterocycles. The highest BCUT2D eigenvalue weighted by molar-refractivity contribution is 5.61. The van der Waals surface area contributed by atoms with Crippen LogP contribution >= 0.6 is 0 Å². The Labute approximate surface area is 70.2 Å². The van der Waals surface area contributed by atoms with Crippen molar-refractivity contribution < 1.29 is 0 Å². The van der Waals surface area contributed by atoms with E-state index in [1.807, 2.05) is 0 Å². The van der Waals surface area contributed by atoms with Gasteiger partial charge in [0.15, 0.2) is 0 Å². The summed E-state index contributed by atoms with van der Waals surface area (Å²) >= 11 is 0. The van der Waals surface area contributed by atoms with E-state index in [1.165, 1.54) is 0 Å². The third kappa shape index (κ3) is 1.00. The van der Waals surface area contributed by atoms with E-state index in [4.69, 9.17) is 5.26 Å². The number of nitrogens with one attached hydrogen (secondary N) is 2. The van der Waals surface area contributed by atoms with E-state index < -0.39 is 0 Å². The Morgan fingerprint density at radius 1 is 1.50 bits per heavy atom. The average molecular weight is 160 g/mol. The number of nitriles is 1. The Balaban J connectivity index is 2.53. The molecule has 0 saturated heterocycles. The summed E-state index contributed by atoms with van der Waals surface area (Å²) < 4.78 is 0. The minimum Gasteiger partial charge on any atom is -0.371 e. The minimum absolute atomic E-state index is 0.619. The first-order valence-corrected chi connectivity index (χ1v) is 3.73. The summed E-state index contributed by atoms with van der Waals surface area (Å²) in [6.07, 6.45) is 3.35. The molecule has 0 atom stereocenters. The van der Waals surface area contributed by atoms with Gasteiger partial charge in [-0.05, 0) is 0 Å². The number of nitrogens with zero attached hydrogens (tertiary/aromatic N) is 2. The van der Waals surface area contributed by atoms with Crippen molar-refractivity contribution >= 4 is 5.69 Å². The molecular formula is C8H8N4. The normalized spacial score (nSPS) is 14.2. The van der Waals surface area contributed by atoms with Crippen molar-refractivity contribution in [3.8, 4) is 6.07 Å². The largest absolute Gasteiger partial charge is 0.371 e. The van der Waals surface area contributed by atoms with Crippen molar-refractivity contribution in [3.05, 3.63) is 23.5 Å². The molecule has 2 heterocycles. The zero-order valence-corrected chi connectivity index (χ0v) is 6.46. The van der Waals surface area contributed by atoms with E-state index in [1.54, 1.807) is 12.4 Å². The van der Waals surface area contributed by atoms with Crippen LogP contribution in [-0.4, -0.2) is 11.7 Å². The van der Waals surface area contributed by atoms with Crippen molar-refractivity contribution in [3.63, 3.8) is 0 Å². The monoisotopic (exact) mass is 160 g/mol. The van der Waals surface area contributed by atoms with Crippen LogP contribution in [0.3, 0.4) is 0 Å². The van der Waals surface area contributed by atoms with Crippen LogP contribution in [0.1, 0.15) is 11.1 Å². The topological polar surface area (TPSA) is 60.7 Å². The van der Waals surface area contributed by atoms with Crippen LogP contribution in [-0.2, 0) is 6.54 Å². The zero-order chi connectivity index (χ0) is 8.39. The molecule has 12 heavy (non-hydrogen) atoms. The molecule has 0 spiro atoms. The highest BCUT2D eigenvalue weighted by Gasteiger charge is 2.11. The summed E-state index contributed by atoms with van der Waals surface area (Å²) in [5, 5.41) is 15.0. The molecular weight excluding hydrogens is 152 g/mol. The SMILES string of the molecule is N#Cc1cncc2c1NCNC2. The summed E-state index contributed by atoms with van der Waals surface area (Å²) in [6.45, 7) is 1.50. The highest BCUT2D eigenvalue weighted by atomic mass is 15.1. The first kappa shape index (κ1) is 7.07. The zero-order valence-electron chi connectivity index (χ0n) is 6.46. The number of aromatic nitrogens is 1. The van der Waals surface area contributed by atoms with Crippen LogP contribution in [0.2, 0.25) is 0 Å². The average Bonchev–Trinajstić information content (AvgIpc) is 2.17. The molecule has 0 aromatic carbocycles. The fraction of sp³-hybridized carbons (Fsp3) is 0.250. The molecule has 0 bridgehead atoms. The quantitative estimate of drug-likeness (QED) is 0.577. The summed E-state index contributed by atoms with van der Waals surface area (Å²) in [5.41, 5.74) is 2.60. The van der Waals surface area contributed by atoms with Crippen LogP contribution in [0.4, 0.5) is 5.69 Å². The molecule has 4 nitrogen and oxygen atoms in total. The maximum atomic E-state index is 8.74. The van der Waals surface area contributed by atoms with Gasteiger partial charge in [0.2, 0.25) is 0 Å². The van der Waals surface area contributed by atoms with E-state index in [2.05, 4.69) is 21.7 Å². The number of rotatable bonds is 0. The number of hydrogen-bond acceptors (Lipinski definition) is 4. The molecule has 60 valence electrons. The van der Waals surface area contributed by atoms with Crippen LogP contribution in [0, 0.1) is 11.3 Å². The molecule has 0 fully saturated rings. The van der Waals surface area contributed by atoms with Crippen molar-refractivity contribution in [2.45, 2.75) is 6.54 Å². The van der Waals surface area contributed by atoms with Gasteiger partial charge in [0.05, 0.1) is 17.9 Å². The molecule has 2 N–H and O–H groups in total.